The molecule has 0 aliphatic heterocycles. The van der Waals surface area contributed by atoms with Crippen molar-refractivity contribution >= 4 is 17.9 Å². The summed E-state index contributed by atoms with van der Waals surface area (Å²) < 4.78 is 17.0. The fraction of sp³-hybridized carbons (Fsp3) is 0.727. The van der Waals surface area contributed by atoms with Gasteiger partial charge in [-0.2, -0.15) is 0 Å². The van der Waals surface area contributed by atoms with Gasteiger partial charge in [0.2, 0.25) is 0 Å². The van der Waals surface area contributed by atoms with Crippen LogP contribution in [0.4, 0.5) is 0 Å². The summed E-state index contributed by atoms with van der Waals surface area (Å²) >= 11 is 0. The first kappa shape index (κ1) is 79.1. The molecule has 6 nitrogen and oxygen atoms in total. The Labute approximate surface area is 514 Å². The predicted octanol–water partition coefficient (Wildman–Crippen LogP) is 24.6. The summed E-state index contributed by atoms with van der Waals surface area (Å²) in [6.45, 7) is 6.43. The van der Waals surface area contributed by atoms with Crippen LogP contribution in [0.15, 0.2) is 109 Å². The van der Waals surface area contributed by atoms with E-state index in [2.05, 4.69) is 130 Å². The number of hydrogen-bond acceptors (Lipinski definition) is 6. The van der Waals surface area contributed by atoms with Crippen molar-refractivity contribution in [3.63, 3.8) is 0 Å². The molecule has 476 valence electrons. The van der Waals surface area contributed by atoms with Gasteiger partial charge in [0, 0.05) is 19.3 Å². The van der Waals surface area contributed by atoms with Gasteiger partial charge in [-0.3, -0.25) is 14.4 Å². The van der Waals surface area contributed by atoms with Gasteiger partial charge in [0.1, 0.15) is 13.2 Å². The standard InChI is InChI=1S/C77H132O6/c1-4-7-10-13-16-19-22-25-28-30-32-34-36-37-38-39-41-42-44-46-49-52-55-58-61-64-67-70-76(79)82-73-74(72-81-75(78)69-66-63-60-57-54-51-48-27-24-21-18-15-12-9-6-3)83-77(80)71-68-65-62-59-56-53-50-47-45-43-40-35-33-31-29-26-23-20-17-14-11-8-5-2/h7,9-10,12,16,18-19,21,23,25-28,31-34,48,74H,4-6,8,11,13-15,17,20,22,24,29-30,35-47,49-73H2,1-3H3/b10-7-,12-9-,19-16-,21-18-,26-23-,28-25-,33-31-,34-32-,48-27-. The Bertz CT molecular complexity index is 1660. The molecule has 0 amide bonds. The lowest BCUT2D eigenvalue weighted by Crippen LogP contribution is -2.30. The molecule has 0 rings (SSSR count). The molecule has 6 heteroatoms. The van der Waals surface area contributed by atoms with Crippen molar-refractivity contribution < 1.29 is 28.6 Å². The second-order valence-corrected chi connectivity index (χ2v) is 23.4. The topological polar surface area (TPSA) is 78.9 Å². The van der Waals surface area contributed by atoms with Gasteiger partial charge in [-0.15, -0.1) is 0 Å². The van der Waals surface area contributed by atoms with Crippen LogP contribution in [-0.2, 0) is 28.6 Å². The second kappa shape index (κ2) is 70.6. The van der Waals surface area contributed by atoms with E-state index in [1.165, 1.54) is 173 Å². The largest absolute Gasteiger partial charge is 0.462 e. The number of ether oxygens (including phenoxy) is 3. The Morgan fingerprint density at radius 1 is 0.253 bits per heavy atom. The van der Waals surface area contributed by atoms with E-state index in [0.717, 1.165) is 128 Å². The van der Waals surface area contributed by atoms with Crippen LogP contribution < -0.4 is 0 Å². The molecule has 0 saturated heterocycles. The SMILES string of the molecule is CC/C=C\C/C=C\C/C=C\C/C=C\CCCCCCCCCCCCCCCCC(=O)OCC(COC(=O)CCCCCCC/C=C\C/C=C\C/C=C\CC)OC(=O)CCCCCCCCCCCCC/C=C\C/C=C\CCCCCCC. The van der Waals surface area contributed by atoms with E-state index >= 15 is 0 Å². The molecule has 0 aromatic rings. The van der Waals surface area contributed by atoms with Crippen LogP contribution in [0, 0.1) is 0 Å². The van der Waals surface area contributed by atoms with Crippen LogP contribution in [-0.4, -0.2) is 37.2 Å². The summed E-state index contributed by atoms with van der Waals surface area (Å²) in [4.78, 5) is 38.5. The maximum absolute atomic E-state index is 13.0. The molecule has 0 radical (unpaired) electrons. The highest BCUT2D eigenvalue weighted by atomic mass is 16.6. The third-order valence-corrected chi connectivity index (χ3v) is 15.2. The zero-order valence-corrected chi connectivity index (χ0v) is 54.7. The summed E-state index contributed by atoms with van der Waals surface area (Å²) in [5.74, 6) is -0.889. The molecular weight excluding hydrogens is 1020 g/mol. The molecule has 0 aromatic heterocycles. The molecule has 0 aliphatic carbocycles. The lowest BCUT2D eigenvalue weighted by molar-refractivity contribution is -0.167. The zero-order valence-electron chi connectivity index (χ0n) is 54.7. The third kappa shape index (κ3) is 68.7. The van der Waals surface area contributed by atoms with Gasteiger partial charge >= 0.3 is 17.9 Å². The summed E-state index contributed by atoms with van der Waals surface area (Å²) in [6, 6.07) is 0. The van der Waals surface area contributed by atoms with Crippen LogP contribution >= 0.6 is 0 Å². The quantitative estimate of drug-likeness (QED) is 0.0261. The van der Waals surface area contributed by atoms with Crippen molar-refractivity contribution in [1.82, 2.24) is 0 Å². The summed E-state index contributed by atoms with van der Waals surface area (Å²) in [7, 11) is 0. The van der Waals surface area contributed by atoms with Gasteiger partial charge in [0.15, 0.2) is 6.10 Å². The Kier molecular flexibility index (Phi) is 67.2. The fourth-order valence-electron chi connectivity index (χ4n) is 10.0. The highest BCUT2D eigenvalue weighted by Gasteiger charge is 2.19. The Morgan fingerprint density at radius 3 is 0.735 bits per heavy atom. The van der Waals surface area contributed by atoms with Crippen molar-refractivity contribution in [2.24, 2.45) is 0 Å². The number of esters is 3. The summed E-state index contributed by atoms with van der Waals surface area (Å²) in [5.41, 5.74) is 0. The minimum absolute atomic E-state index is 0.0835. The first-order chi connectivity index (χ1) is 41.0. The molecule has 0 aliphatic rings. The van der Waals surface area contributed by atoms with Crippen LogP contribution in [0.5, 0.6) is 0 Å². The molecule has 0 spiro atoms. The number of rotatable bonds is 64. The number of hydrogen-bond donors (Lipinski definition) is 0. The Balaban J connectivity index is 4.32. The molecular formula is C77H132O6. The van der Waals surface area contributed by atoms with Crippen molar-refractivity contribution in [2.45, 2.75) is 348 Å². The molecule has 1 atom stereocenters. The smallest absolute Gasteiger partial charge is 0.306 e. The molecule has 0 heterocycles. The van der Waals surface area contributed by atoms with Crippen molar-refractivity contribution in [3.8, 4) is 0 Å². The molecule has 0 saturated carbocycles. The van der Waals surface area contributed by atoms with Gasteiger partial charge in [0.05, 0.1) is 0 Å². The monoisotopic (exact) mass is 1150 g/mol. The van der Waals surface area contributed by atoms with Gasteiger partial charge in [-0.05, 0) is 122 Å². The lowest BCUT2D eigenvalue weighted by atomic mass is 10.0. The van der Waals surface area contributed by atoms with E-state index in [-0.39, 0.29) is 31.1 Å². The molecule has 0 fully saturated rings. The number of allylic oxidation sites excluding steroid dienone is 18. The van der Waals surface area contributed by atoms with Crippen molar-refractivity contribution in [2.75, 3.05) is 13.2 Å². The minimum atomic E-state index is -0.790. The first-order valence-electron chi connectivity index (χ1n) is 35.4. The van der Waals surface area contributed by atoms with E-state index in [0.29, 0.717) is 19.3 Å². The fourth-order valence-corrected chi connectivity index (χ4v) is 10.0. The van der Waals surface area contributed by atoms with Crippen LogP contribution in [0.3, 0.4) is 0 Å². The number of carbonyl (C=O) groups is 3. The van der Waals surface area contributed by atoms with Gasteiger partial charge in [-0.1, -0.05) is 310 Å². The second-order valence-electron chi connectivity index (χ2n) is 23.4. The lowest BCUT2D eigenvalue weighted by Gasteiger charge is -2.18. The highest BCUT2D eigenvalue weighted by molar-refractivity contribution is 5.71. The number of unbranched alkanes of at least 4 members (excludes halogenated alkanes) is 35. The van der Waals surface area contributed by atoms with E-state index in [4.69, 9.17) is 14.2 Å². The minimum Gasteiger partial charge on any atom is -0.462 e. The average Bonchev–Trinajstić information content (AvgIpc) is 3.49. The molecule has 0 N–H and O–H groups in total. The first-order valence-corrected chi connectivity index (χ1v) is 35.4. The van der Waals surface area contributed by atoms with Crippen LogP contribution in [0.2, 0.25) is 0 Å². The zero-order chi connectivity index (χ0) is 59.9. The van der Waals surface area contributed by atoms with Gasteiger partial charge in [0.25, 0.3) is 0 Å². The average molecular weight is 1150 g/mol. The maximum atomic E-state index is 13.0. The molecule has 0 aromatic carbocycles. The Morgan fingerprint density at radius 2 is 0.470 bits per heavy atom. The summed E-state index contributed by atoms with van der Waals surface area (Å²) in [5, 5.41) is 0. The van der Waals surface area contributed by atoms with Crippen LogP contribution in [0.1, 0.15) is 342 Å². The summed E-state index contributed by atoms with van der Waals surface area (Å²) in [6.07, 6.45) is 96.8. The van der Waals surface area contributed by atoms with E-state index in [1.807, 2.05) is 0 Å². The molecule has 1 unspecified atom stereocenters. The van der Waals surface area contributed by atoms with Crippen molar-refractivity contribution in [1.29, 1.82) is 0 Å². The van der Waals surface area contributed by atoms with E-state index in [1.54, 1.807) is 0 Å². The van der Waals surface area contributed by atoms with E-state index in [9.17, 15) is 14.4 Å². The maximum Gasteiger partial charge on any atom is 0.306 e. The molecule has 0 bridgehead atoms. The predicted molar refractivity (Wildman–Crippen MR) is 362 cm³/mol. The normalized spacial score (nSPS) is 12.8. The Hall–Kier alpha value is -3.93. The van der Waals surface area contributed by atoms with Gasteiger partial charge in [-0.25, -0.2) is 0 Å². The highest BCUT2D eigenvalue weighted by Crippen LogP contribution is 2.17. The van der Waals surface area contributed by atoms with Crippen LogP contribution in [0.25, 0.3) is 0 Å². The number of carbonyl (C=O) groups excluding carboxylic acids is 3. The van der Waals surface area contributed by atoms with Crippen molar-refractivity contribution in [3.05, 3.63) is 109 Å². The van der Waals surface area contributed by atoms with Gasteiger partial charge < -0.3 is 14.2 Å². The van der Waals surface area contributed by atoms with E-state index < -0.39 is 6.10 Å². The molecule has 83 heavy (non-hydrogen) atoms. The third-order valence-electron chi connectivity index (χ3n) is 15.2.